The van der Waals surface area contributed by atoms with Crippen molar-refractivity contribution in [3.63, 3.8) is 0 Å². The number of nitrogens with one attached hydrogen (secondary N) is 1. The predicted octanol–water partition coefficient (Wildman–Crippen LogP) is 4.08. The summed E-state index contributed by atoms with van der Waals surface area (Å²) in [7, 11) is 0. The first-order valence-corrected chi connectivity index (χ1v) is 8.20. The fraction of sp³-hybridized carbons (Fsp3) is 0.300. The Balaban J connectivity index is 1.81. The van der Waals surface area contributed by atoms with Crippen LogP contribution in [0.5, 0.6) is 5.75 Å². The molecule has 0 saturated carbocycles. The van der Waals surface area contributed by atoms with E-state index < -0.39 is 0 Å². The average Bonchev–Trinajstić information content (AvgIpc) is 2.57. The standard InChI is InChI=1S/C20H24N2O3/c1-14-5-6-15(2)20(13-14)24-11-12-25-22-16(3)18-7-9-19(10-8-18)21-17(4)23/h5-10,13H,11-12H2,1-4H3,(H,21,23)/b22-16+. The molecular weight excluding hydrogens is 316 g/mol. The van der Waals surface area contributed by atoms with Crippen LogP contribution in [0.15, 0.2) is 47.6 Å². The smallest absolute Gasteiger partial charge is 0.221 e. The monoisotopic (exact) mass is 340 g/mol. The molecule has 2 rings (SSSR count). The summed E-state index contributed by atoms with van der Waals surface area (Å²) in [5.74, 6) is 0.781. The summed E-state index contributed by atoms with van der Waals surface area (Å²) in [6.45, 7) is 8.21. The third-order valence-corrected chi connectivity index (χ3v) is 3.60. The molecule has 25 heavy (non-hydrogen) atoms. The Hall–Kier alpha value is -2.82. The lowest BCUT2D eigenvalue weighted by molar-refractivity contribution is -0.114. The highest BCUT2D eigenvalue weighted by Crippen LogP contribution is 2.18. The summed E-state index contributed by atoms with van der Waals surface area (Å²) < 4.78 is 5.72. The van der Waals surface area contributed by atoms with Crippen molar-refractivity contribution in [2.75, 3.05) is 18.5 Å². The van der Waals surface area contributed by atoms with Crippen LogP contribution < -0.4 is 10.1 Å². The van der Waals surface area contributed by atoms with Crippen molar-refractivity contribution in [2.45, 2.75) is 27.7 Å². The molecule has 0 unspecified atom stereocenters. The second-order valence-electron chi connectivity index (χ2n) is 5.89. The zero-order valence-electron chi connectivity index (χ0n) is 15.1. The molecule has 0 heterocycles. The van der Waals surface area contributed by atoms with Crippen molar-refractivity contribution in [3.8, 4) is 5.75 Å². The topological polar surface area (TPSA) is 59.9 Å². The highest BCUT2D eigenvalue weighted by Gasteiger charge is 2.01. The zero-order valence-corrected chi connectivity index (χ0v) is 15.1. The van der Waals surface area contributed by atoms with Crippen LogP contribution in [-0.2, 0) is 9.63 Å². The van der Waals surface area contributed by atoms with Gasteiger partial charge in [0.1, 0.15) is 12.4 Å². The molecule has 0 spiro atoms. The van der Waals surface area contributed by atoms with Crippen LogP contribution in [0.2, 0.25) is 0 Å². The fourth-order valence-electron chi connectivity index (χ4n) is 2.24. The average molecular weight is 340 g/mol. The highest BCUT2D eigenvalue weighted by atomic mass is 16.6. The third kappa shape index (κ3) is 5.95. The molecule has 2 aromatic rings. The van der Waals surface area contributed by atoms with Crippen molar-refractivity contribution in [1.82, 2.24) is 0 Å². The number of carbonyl (C=O) groups is 1. The molecular formula is C20H24N2O3. The Morgan fingerprint density at radius 2 is 1.76 bits per heavy atom. The molecule has 0 aliphatic heterocycles. The lowest BCUT2D eigenvalue weighted by atomic mass is 10.1. The van der Waals surface area contributed by atoms with Crippen LogP contribution in [0.25, 0.3) is 0 Å². The number of amides is 1. The molecule has 2 aromatic carbocycles. The maximum absolute atomic E-state index is 11.0. The number of carbonyl (C=O) groups excluding carboxylic acids is 1. The minimum absolute atomic E-state index is 0.0923. The number of hydrogen-bond donors (Lipinski definition) is 1. The zero-order chi connectivity index (χ0) is 18.2. The summed E-state index contributed by atoms with van der Waals surface area (Å²) >= 11 is 0. The van der Waals surface area contributed by atoms with Gasteiger partial charge in [-0.1, -0.05) is 29.4 Å². The van der Waals surface area contributed by atoms with Gasteiger partial charge in [-0.25, -0.2) is 0 Å². The van der Waals surface area contributed by atoms with Crippen LogP contribution in [-0.4, -0.2) is 24.8 Å². The normalized spacial score (nSPS) is 11.1. The highest BCUT2D eigenvalue weighted by molar-refractivity contribution is 5.99. The molecule has 0 fully saturated rings. The minimum Gasteiger partial charge on any atom is -0.490 e. The molecule has 0 radical (unpaired) electrons. The van der Waals surface area contributed by atoms with E-state index in [4.69, 9.17) is 9.57 Å². The third-order valence-electron chi connectivity index (χ3n) is 3.60. The van der Waals surface area contributed by atoms with Crippen LogP contribution in [0.3, 0.4) is 0 Å². The lowest BCUT2D eigenvalue weighted by Gasteiger charge is -2.09. The van der Waals surface area contributed by atoms with Crippen LogP contribution in [0.1, 0.15) is 30.5 Å². The number of oxime groups is 1. The summed E-state index contributed by atoms with van der Waals surface area (Å²) in [4.78, 5) is 16.3. The van der Waals surface area contributed by atoms with Crippen molar-refractivity contribution in [2.24, 2.45) is 5.16 Å². The molecule has 0 saturated heterocycles. The summed E-state index contributed by atoms with van der Waals surface area (Å²) in [6, 6.07) is 13.6. The van der Waals surface area contributed by atoms with E-state index in [1.807, 2.05) is 57.2 Å². The lowest BCUT2D eigenvalue weighted by Crippen LogP contribution is -2.07. The number of anilines is 1. The number of rotatable bonds is 7. The largest absolute Gasteiger partial charge is 0.490 e. The summed E-state index contributed by atoms with van der Waals surface area (Å²) in [6.07, 6.45) is 0. The Labute approximate surface area is 148 Å². The maximum atomic E-state index is 11.0. The Kier molecular flexibility index (Phi) is 6.57. The van der Waals surface area contributed by atoms with Gasteiger partial charge in [-0.15, -0.1) is 0 Å². The molecule has 132 valence electrons. The van der Waals surface area contributed by atoms with Crippen LogP contribution in [0.4, 0.5) is 5.69 Å². The molecule has 0 bridgehead atoms. The SMILES string of the molecule is CC(=O)Nc1ccc(/C(C)=N/OCCOc2cc(C)ccc2C)cc1. The van der Waals surface area contributed by atoms with Gasteiger partial charge in [0.05, 0.1) is 5.71 Å². The summed E-state index contributed by atoms with van der Waals surface area (Å²) in [5, 5.41) is 6.83. The molecule has 5 nitrogen and oxygen atoms in total. The van der Waals surface area contributed by atoms with Gasteiger partial charge in [-0.3, -0.25) is 4.79 Å². The predicted molar refractivity (Wildman–Crippen MR) is 100 cm³/mol. The first-order chi connectivity index (χ1) is 12.0. The van der Waals surface area contributed by atoms with Crippen molar-refractivity contribution in [1.29, 1.82) is 0 Å². The van der Waals surface area contributed by atoms with Crippen molar-refractivity contribution in [3.05, 3.63) is 59.2 Å². The number of ether oxygens (including phenoxy) is 1. The van der Waals surface area contributed by atoms with E-state index in [9.17, 15) is 4.79 Å². The van der Waals surface area contributed by atoms with Gasteiger partial charge in [0.2, 0.25) is 5.91 Å². The van der Waals surface area contributed by atoms with Gasteiger partial charge in [0.15, 0.2) is 6.61 Å². The molecule has 0 atom stereocenters. The van der Waals surface area contributed by atoms with E-state index in [2.05, 4.69) is 16.5 Å². The van der Waals surface area contributed by atoms with Gasteiger partial charge < -0.3 is 14.9 Å². The second kappa shape index (κ2) is 8.87. The Morgan fingerprint density at radius 3 is 2.44 bits per heavy atom. The first kappa shape index (κ1) is 18.5. The number of aryl methyl sites for hydroxylation is 2. The van der Waals surface area contributed by atoms with Crippen molar-refractivity contribution < 1.29 is 14.4 Å². The first-order valence-electron chi connectivity index (χ1n) is 8.20. The van der Waals surface area contributed by atoms with E-state index in [-0.39, 0.29) is 5.91 Å². The Bertz CT molecular complexity index is 752. The Morgan fingerprint density at radius 1 is 1.04 bits per heavy atom. The molecule has 5 heteroatoms. The second-order valence-corrected chi connectivity index (χ2v) is 5.89. The fourth-order valence-corrected chi connectivity index (χ4v) is 2.24. The van der Waals surface area contributed by atoms with Gasteiger partial charge in [-0.05, 0) is 55.7 Å². The molecule has 1 amide bonds. The maximum Gasteiger partial charge on any atom is 0.221 e. The van der Waals surface area contributed by atoms with E-state index in [0.717, 1.165) is 33.8 Å². The number of nitrogens with zero attached hydrogens (tertiary/aromatic N) is 1. The number of benzene rings is 2. The van der Waals surface area contributed by atoms with Crippen LogP contribution >= 0.6 is 0 Å². The quantitative estimate of drug-likeness (QED) is 0.469. The molecule has 1 N–H and O–H groups in total. The summed E-state index contributed by atoms with van der Waals surface area (Å²) in [5.41, 5.74) is 4.72. The van der Waals surface area contributed by atoms with Crippen molar-refractivity contribution >= 4 is 17.3 Å². The molecule has 0 aliphatic rings. The minimum atomic E-state index is -0.0923. The van der Waals surface area contributed by atoms with E-state index in [0.29, 0.717) is 13.2 Å². The number of hydrogen-bond acceptors (Lipinski definition) is 4. The van der Waals surface area contributed by atoms with E-state index >= 15 is 0 Å². The van der Waals surface area contributed by atoms with E-state index in [1.165, 1.54) is 6.92 Å². The van der Waals surface area contributed by atoms with Gasteiger partial charge in [0, 0.05) is 12.6 Å². The molecule has 0 aliphatic carbocycles. The van der Waals surface area contributed by atoms with Gasteiger partial charge >= 0.3 is 0 Å². The van der Waals surface area contributed by atoms with Crippen LogP contribution in [0, 0.1) is 13.8 Å². The van der Waals surface area contributed by atoms with E-state index in [1.54, 1.807) is 0 Å². The van der Waals surface area contributed by atoms with Gasteiger partial charge in [-0.2, -0.15) is 0 Å². The van der Waals surface area contributed by atoms with Gasteiger partial charge in [0.25, 0.3) is 0 Å². The molecule has 0 aromatic heterocycles.